The van der Waals surface area contributed by atoms with Crippen LogP contribution in [0.2, 0.25) is 10.0 Å². The Kier molecular flexibility index (Phi) is 8.07. The van der Waals surface area contributed by atoms with Crippen molar-refractivity contribution in [3.63, 3.8) is 0 Å². The molecule has 0 aliphatic carbocycles. The molecule has 1 fully saturated rings. The molecule has 2 aromatic rings. The van der Waals surface area contributed by atoms with Gasteiger partial charge in [-0.15, -0.1) is 0 Å². The first kappa shape index (κ1) is 24.4. The Balaban J connectivity index is 1.66. The molecule has 1 atom stereocenters. The molecular formula is C20H22Cl2N4O5S. The van der Waals surface area contributed by atoms with Gasteiger partial charge in [-0.2, -0.15) is 17.4 Å². The van der Waals surface area contributed by atoms with Crippen LogP contribution < -0.4 is 10.0 Å². The van der Waals surface area contributed by atoms with E-state index in [0.717, 1.165) is 19.3 Å². The number of carboxylic acid groups (broad SMARTS) is 1. The molecule has 1 aliphatic rings. The number of halogens is 2. The highest BCUT2D eigenvalue weighted by Crippen LogP contribution is 2.24. The molecule has 1 aliphatic heterocycles. The van der Waals surface area contributed by atoms with Gasteiger partial charge in [0.05, 0.1) is 15.6 Å². The maximum Gasteiger partial charge on any atom is 0.322 e. The van der Waals surface area contributed by atoms with Crippen LogP contribution in [0.25, 0.3) is 0 Å². The number of anilines is 1. The van der Waals surface area contributed by atoms with Gasteiger partial charge in [0.15, 0.2) is 0 Å². The minimum Gasteiger partial charge on any atom is -0.480 e. The quantitative estimate of drug-likeness (QED) is 0.510. The van der Waals surface area contributed by atoms with Gasteiger partial charge in [0.25, 0.3) is 16.1 Å². The lowest BCUT2D eigenvalue weighted by Gasteiger charge is -2.27. The lowest BCUT2D eigenvalue weighted by atomic mass is 10.1. The number of hydrogen-bond acceptors (Lipinski definition) is 5. The number of benzene rings is 1. The number of nitrogens with zero attached hydrogens (tertiary/aromatic N) is 2. The summed E-state index contributed by atoms with van der Waals surface area (Å²) in [6, 6.07) is 5.05. The predicted molar refractivity (Wildman–Crippen MR) is 121 cm³/mol. The van der Waals surface area contributed by atoms with E-state index in [-0.39, 0.29) is 22.0 Å². The van der Waals surface area contributed by atoms with Crippen LogP contribution in [0.5, 0.6) is 0 Å². The first-order valence-electron chi connectivity index (χ1n) is 9.87. The number of carboxylic acids is 1. The Morgan fingerprint density at radius 1 is 1.06 bits per heavy atom. The Morgan fingerprint density at radius 3 is 2.22 bits per heavy atom. The van der Waals surface area contributed by atoms with Gasteiger partial charge in [-0.3, -0.25) is 14.6 Å². The lowest BCUT2D eigenvalue weighted by Crippen LogP contribution is -2.50. The summed E-state index contributed by atoms with van der Waals surface area (Å²) in [6.07, 6.45) is 5.02. The van der Waals surface area contributed by atoms with E-state index in [1.54, 1.807) is 24.3 Å². The molecule has 1 aromatic heterocycles. The van der Waals surface area contributed by atoms with Gasteiger partial charge >= 0.3 is 5.97 Å². The Bertz CT molecular complexity index is 1070. The monoisotopic (exact) mass is 500 g/mol. The van der Waals surface area contributed by atoms with Crippen molar-refractivity contribution in [2.45, 2.75) is 31.7 Å². The second-order valence-corrected chi connectivity index (χ2v) is 9.82. The van der Waals surface area contributed by atoms with Crippen molar-refractivity contribution in [3.8, 4) is 0 Å². The third kappa shape index (κ3) is 6.17. The molecule has 3 N–H and O–H groups in total. The van der Waals surface area contributed by atoms with Gasteiger partial charge in [-0.1, -0.05) is 41.8 Å². The van der Waals surface area contributed by atoms with Crippen LogP contribution in [0.15, 0.2) is 36.7 Å². The summed E-state index contributed by atoms with van der Waals surface area (Å²) in [5.41, 5.74) is 1.10. The number of pyridine rings is 1. The molecule has 0 spiro atoms. The van der Waals surface area contributed by atoms with Gasteiger partial charge in [0.2, 0.25) is 0 Å². The maximum absolute atomic E-state index is 12.5. The number of nitrogens with one attached hydrogen (secondary N) is 2. The standard InChI is InChI=1S/C20H22Cl2N4O5S/c21-15-11-23-12-16(22)18(15)19(27)24-14-6-4-13(5-7-14)10-17(20(28)29)25-32(30,31)26-8-2-1-3-9-26/h4-7,11-12,17,25H,1-3,8-10H2,(H,24,27)(H,28,29). The zero-order chi connectivity index (χ0) is 23.3. The zero-order valence-corrected chi connectivity index (χ0v) is 19.3. The predicted octanol–water partition coefficient (Wildman–Crippen LogP) is 2.96. The van der Waals surface area contributed by atoms with Gasteiger partial charge in [0, 0.05) is 31.2 Å². The van der Waals surface area contributed by atoms with E-state index in [4.69, 9.17) is 23.2 Å². The fourth-order valence-corrected chi connectivity index (χ4v) is 5.29. The van der Waals surface area contributed by atoms with Gasteiger partial charge in [-0.25, -0.2) is 0 Å². The first-order valence-corrected chi connectivity index (χ1v) is 12.1. The molecule has 1 saturated heterocycles. The summed E-state index contributed by atoms with van der Waals surface area (Å²) < 4.78 is 28.6. The van der Waals surface area contributed by atoms with Crippen LogP contribution in [-0.4, -0.2) is 53.8 Å². The highest BCUT2D eigenvalue weighted by atomic mass is 35.5. The van der Waals surface area contributed by atoms with Gasteiger partial charge in [-0.05, 0) is 37.0 Å². The van der Waals surface area contributed by atoms with Crippen molar-refractivity contribution in [2.75, 3.05) is 18.4 Å². The first-order chi connectivity index (χ1) is 15.2. The number of aliphatic carboxylic acids is 1. The molecule has 9 nitrogen and oxygen atoms in total. The Morgan fingerprint density at radius 2 is 1.66 bits per heavy atom. The largest absolute Gasteiger partial charge is 0.480 e. The van der Waals surface area contributed by atoms with Crippen LogP contribution >= 0.6 is 23.2 Å². The lowest BCUT2D eigenvalue weighted by molar-refractivity contribution is -0.138. The van der Waals surface area contributed by atoms with Crippen molar-refractivity contribution in [1.82, 2.24) is 14.0 Å². The molecule has 32 heavy (non-hydrogen) atoms. The number of piperidine rings is 1. The van der Waals surface area contributed by atoms with E-state index >= 15 is 0 Å². The topological polar surface area (TPSA) is 129 Å². The Labute approximate surface area is 195 Å². The highest BCUT2D eigenvalue weighted by Gasteiger charge is 2.30. The summed E-state index contributed by atoms with van der Waals surface area (Å²) in [5.74, 6) is -1.79. The van der Waals surface area contributed by atoms with E-state index in [1.165, 1.54) is 16.7 Å². The number of carbonyl (C=O) groups excluding carboxylic acids is 1. The molecule has 2 heterocycles. The van der Waals surface area contributed by atoms with E-state index in [2.05, 4.69) is 15.0 Å². The highest BCUT2D eigenvalue weighted by molar-refractivity contribution is 7.87. The SMILES string of the molecule is O=C(Nc1ccc(CC(NS(=O)(=O)N2CCCCC2)C(=O)O)cc1)c1c(Cl)cncc1Cl. The normalized spacial score (nSPS) is 15.8. The number of hydrogen-bond donors (Lipinski definition) is 3. The maximum atomic E-state index is 12.5. The molecule has 0 bridgehead atoms. The summed E-state index contributed by atoms with van der Waals surface area (Å²) >= 11 is 12.0. The molecule has 0 saturated carbocycles. The van der Waals surface area contributed by atoms with Crippen LogP contribution in [0.1, 0.15) is 35.2 Å². The summed E-state index contributed by atoms with van der Waals surface area (Å²) in [7, 11) is -3.90. The van der Waals surface area contributed by atoms with Crippen molar-refractivity contribution in [1.29, 1.82) is 0 Å². The fraction of sp³-hybridized carbons (Fsp3) is 0.350. The molecule has 1 unspecified atom stereocenters. The second-order valence-electron chi connectivity index (χ2n) is 7.31. The second kappa shape index (κ2) is 10.6. The smallest absolute Gasteiger partial charge is 0.322 e. The summed E-state index contributed by atoms with van der Waals surface area (Å²) in [6.45, 7) is 0.753. The fourth-order valence-electron chi connectivity index (χ4n) is 3.32. The number of aromatic nitrogens is 1. The third-order valence-electron chi connectivity index (χ3n) is 4.98. The molecule has 12 heteroatoms. The average Bonchev–Trinajstić information content (AvgIpc) is 2.75. The minimum absolute atomic E-state index is 0.0569. The molecule has 172 valence electrons. The molecular weight excluding hydrogens is 479 g/mol. The molecule has 3 rings (SSSR count). The zero-order valence-electron chi connectivity index (χ0n) is 16.9. The van der Waals surface area contributed by atoms with Crippen molar-refractivity contribution >= 4 is 51.0 Å². The van der Waals surface area contributed by atoms with Crippen molar-refractivity contribution in [2.24, 2.45) is 0 Å². The molecule has 0 radical (unpaired) electrons. The molecule has 1 amide bonds. The minimum atomic E-state index is -3.90. The molecule has 1 aromatic carbocycles. The van der Waals surface area contributed by atoms with Crippen molar-refractivity contribution in [3.05, 3.63) is 57.8 Å². The average molecular weight is 501 g/mol. The third-order valence-corrected chi connectivity index (χ3v) is 7.18. The van der Waals surface area contributed by atoms with Crippen molar-refractivity contribution < 1.29 is 23.1 Å². The van der Waals surface area contributed by atoms with Gasteiger partial charge in [0.1, 0.15) is 6.04 Å². The van der Waals surface area contributed by atoms with E-state index in [1.807, 2.05) is 0 Å². The summed E-state index contributed by atoms with van der Waals surface area (Å²) in [5, 5.41) is 12.4. The van der Waals surface area contributed by atoms with Crippen LogP contribution in [-0.2, 0) is 21.4 Å². The van der Waals surface area contributed by atoms with E-state index in [9.17, 15) is 23.1 Å². The van der Waals surface area contributed by atoms with Crippen LogP contribution in [0.3, 0.4) is 0 Å². The van der Waals surface area contributed by atoms with Crippen LogP contribution in [0.4, 0.5) is 5.69 Å². The van der Waals surface area contributed by atoms with E-state index < -0.39 is 28.1 Å². The number of rotatable bonds is 8. The van der Waals surface area contributed by atoms with Crippen LogP contribution in [0, 0.1) is 0 Å². The number of amides is 1. The summed E-state index contributed by atoms with van der Waals surface area (Å²) in [4.78, 5) is 27.9. The Hall–Kier alpha value is -2.24. The van der Waals surface area contributed by atoms with E-state index in [0.29, 0.717) is 24.3 Å². The van der Waals surface area contributed by atoms with Gasteiger partial charge < -0.3 is 10.4 Å². The number of carbonyl (C=O) groups is 2.